The van der Waals surface area contributed by atoms with Crippen LogP contribution in [0.4, 0.5) is 5.82 Å². The molecule has 2 heterocycles. The minimum absolute atomic E-state index is 0.303. The third-order valence-electron chi connectivity index (χ3n) is 3.21. The van der Waals surface area contributed by atoms with Crippen LogP contribution < -0.4 is 5.32 Å². The van der Waals surface area contributed by atoms with E-state index in [4.69, 9.17) is 11.6 Å². The Hall–Kier alpha value is -0.910. The van der Waals surface area contributed by atoms with E-state index in [9.17, 15) is 0 Å². The van der Waals surface area contributed by atoms with Crippen molar-refractivity contribution in [1.29, 1.82) is 0 Å². The molecule has 0 fully saturated rings. The molecule has 1 atom stereocenters. The van der Waals surface area contributed by atoms with Crippen molar-refractivity contribution in [2.45, 2.75) is 26.3 Å². The number of likely N-dealkylation sites (N-methyl/N-ethyl adjacent to an activating group) is 1. The van der Waals surface area contributed by atoms with Crippen LogP contribution in [-0.4, -0.2) is 41.5 Å². The molecule has 2 aromatic heterocycles. The molecule has 104 valence electrons. The van der Waals surface area contributed by atoms with Gasteiger partial charge in [0.05, 0.1) is 5.39 Å². The van der Waals surface area contributed by atoms with Crippen LogP contribution >= 0.6 is 22.9 Å². The Labute approximate surface area is 122 Å². The lowest BCUT2D eigenvalue weighted by Gasteiger charge is -2.20. The highest BCUT2D eigenvalue weighted by Crippen LogP contribution is 2.30. The molecular formula is C13H19ClN4S. The maximum atomic E-state index is 5.99. The number of hydrogen-bond donors (Lipinski definition) is 1. The number of nitrogens with one attached hydrogen (secondary N) is 1. The van der Waals surface area contributed by atoms with Crippen LogP contribution in [0.3, 0.4) is 0 Å². The number of thiophene rings is 1. The Morgan fingerprint density at radius 2 is 2.16 bits per heavy atom. The maximum absolute atomic E-state index is 5.99. The maximum Gasteiger partial charge on any atom is 0.225 e. The molecule has 2 rings (SSSR count). The molecular weight excluding hydrogens is 280 g/mol. The van der Waals surface area contributed by atoms with Gasteiger partial charge in [0.15, 0.2) is 0 Å². The molecule has 0 saturated heterocycles. The highest BCUT2D eigenvalue weighted by atomic mass is 35.5. The first kappa shape index (κ1) is 14.5. The molecule has 2 aromatic rings. The van der Waals surface area contributed by atoms with Gasteiger partial charge in [-0.15, -0.1) is 11.3 Å². The summed E-state index contributed by atoms with van der Waals surface area (Å²) in [5.41, 5.74) is 0. The van der Waals surface area contributed by atoms with E-state index in [1.54, 1.807) is 11.3 Å². The molecule has 19 heavy (non-hydrogen) atoms. The van der Waals surface area contributed by atoms with E-state index >= 15 is 0 Å². The molecule has 1 unspecified atom stereocenters. The summed E-state index contributed by atoms with van der Waals surface area (Å²) in [5, 5.41) is 4.75. The monoisotopic (exact) mass is 298 g/mol. The summed E-state index contributed by atoms with van der Waals surface area (Å²) in [5.74, 6) is 0.833. The Morgan fingerprint density at radius 3 is 2.79 bits per heavy atom. The first-order valence-electron chi connectivity index (χ1n) is 6.37. The third-order valence-corrected chi connectivity index (χ3v) is 4.55. The topological polar surface area (TPSA) is 41.0 Å². The number of anilines is 1. The molecule has 4 nitrogen and oxygen atoms in total. The zero-order valence-corrected chi connectivity index (χ0v) is 13.3. The van der Waals surface area contributed by atoms with Gasteiger partial charge in [0.1, 0.15) is 10.6 Å². The lowest BCUT2D eigenvalue weighted by atomic mass is 10.3. The first-order chi connectivity index (χ1) is 9.01. The van der Waals surface area contributed by atoms with Crippen molar-refractivity contribution < 1.29 is 0 Å². The summed E-state index contributed by atoms with van der Waals surface area (Å²) in [6, 6.07) is 2.58. The molecule has 0 aromatic carbocycles. The predicted octanol–water partition coefficient (Wildman–Crippen LogP) is 3.27. The first-order valence-corrected chi connectivity index (χ1v) is 7.57. The average molecular weight is 299 g/mol. The highest BCUT2D eigenvalue weighted by Gasteiger charge is 2.12. The van der Waals surface area contributed by atoms with E-state index in [1.165, 1.54) is 4.88 Å². The number of fused-ring (bicyclic) bond motifs is 1. The fourth-order valence-electron chi connectivity index (χ4n) is 1.68. The second-order valence-electron chi connectivity index (χ2n) is 4.82. The van der Waals surface area contributed by atoms with Crippen LogP contribution in [0, 0.1) is 0 Å². The Balaban J connectivity index is 2.28. The van der Waals surface area contributed by atoms with Crippen molar-refractivity contribution in [3.05, 3.63) is 16.2 Å². The predicted molar refractivity (Wildman–Crippen MR) is 83.4 cm³/mol. The minimum Gasteiger partial charge on any atom is -0.368 e. The third kappa shape index (κ3) is 3.35. The molecule has 0 amide bonds. The van der Waals surface area contributed by atoms with Gasteiger partial charge in [-0.2, -0.15) is 0 Å². The van der Waals surface area contributed by atoms with Gasteiger partial charge >= 0.3 is 0 Å². The zero-order valence-electron chi connectivity index (χ0n) is 11.7. The SMILES string of the molecule is CCc1cc2c(NCC(C)N(C)C)nc(Cl)nc2s1. The van der Waals surface area contributed by atoms with Gasteiger partial charge in [-0.05, 0) is 45.1 Å². The van der Waals surface area contributed by atoms with Gasteiger partial charge in [0, 0.05) is 17.5 Å². The minimum atomic E-state index is 0.303. The summed E-state index contributed by atoms with van der Waals surface area (Å²) in [4.78, 5) is 13.0. The zero-order chi connectivity index (χ0) is 14.0. The van der Waals surface area contributed by atoms with Crippen molar-refractivity contribution in [3.63, 3.8) is 0 Å². The van der Waals surface area contributed by atoms with Crippen LogP contribution in [-0.2, 0) is 6.42 Å². The molecule has 0 spiro atoms. The van der Waals surface area contributed by atoms with Gasteiger partial charge in [0.25, 0.3) is 0 Å². The number of halogens is 1. The lowest BCUT2D eigenvalue weighted by molar-refractivity contribution is 0.326. The Morgan fingerprint density at radius 1 is 1.42 bits per heavy atom. The summed E-state index contributed by atoms with van der Waals surface area (Å²) in [6.07, 6.45) is 1.01. The molecule has 6 heteroatoms. The number of nitrogens with zero attached hydrogens (tertiary/aromatic N) is 3. The van der Waals surface area contributed by atoms with Crippen molar-refractivity contribution >= 4 is 39.0 Å². The smallest absolute Gasteiger partial charge is 0.225 e. The van der Waals surface area contributed by atoms with Crippen molar-refractivity contribution in [2.24, 2.45) is 0 Å². The normalized spacial score (nSPS) is 13.2. The quantitative estimate of drug-likeness (QED) is 0.860. The number of rotatable bonds is 5. The van der Waals surface area contributed by atoms with E-state index in [0.29, 0.717) is 11.3 Å². The number of aromatic nitrogens is 2. The Bertz CT molecular complexity index is 567. The van der Waals surface area contributed by atoms with Gasteiger partial charge in [0.2, 0.25) is 5.28 Å². The van der Waals surface area contributed by atoms with Crippen LogP contribution in [0.2, 0.25) is 5.28 Å². The Kier molecular flexibility index (Phi) is 4.60. The number of aryl methyl sites for hydroxylation is 1. The van der Waals surface area contributed by atoms with Gasteiger partial charge in [-0.25, -0.2) is 9.97 Å². The lowest BCUT2D eigenvalue weighted by Crippen LogP contribution is -2.31. The van der Waals surface area contributed by atoms with Crippen LogP contribution in [0.1, 0.15) is 18.7 Å². The van der Waals surface area contributed by atoms with Gasteiger partial charge in [-0.1, -0.05) is 6.92 Å². The molecule has 1 N–H and O–H groups in total. The highest BCUT2D eigenvalue weighted by molar-refractivity contribution is 7.18. The fourth-order valence-corrected chi connectivity index (χ4v) is 2.87. The van der Waals surface area contributed by atoms with E-state index in [2.05, 4.69) is 54.2 Å². The van der Waals surface area contributed by atoms with E-state index in [-0.39, 0.29) is 0 Å². The molecule has 0 aliphatic rings. The molecule has 0 bridgehead atoms. The average Bonchev–Trinajstić information content (AvgIpc) is 2.78. The summed E-state index contributed by atoms with van der Waals surface area (Å²) < 4.78 is 0. The van der Waals surface area contributed by atoms with Crippen LogP contribution in [0.5, 0.6) is 0 Å². The molecule has 0 saturated carbocycles. The van der Waals surface area contributed by atoms with Crippen LogP contribution in [0.15, 0.2) is 6.07 Å². The number of hydrogen-bond acceptors (Lipinski definition) is 5. The largest absolute Gasteiger partial charge is 0.368 e. The summed E-state index contributed by atoms with van der Waals surface area (Å²) >= 11 is 7.67. The van der Waals surface area contributed by atoms with Gasteiger partial charge in [-0.3, -0.25) is 0 Å². The van der Waals surface area contributed by atoms with E-state index < -0.39 is 0 Å². The standard InChI is InChI=1S/C13H19ClN4S/c1-5-9-6-10-11(15-7-8(2)18(3)4)16-13(14)17-12(10)19-9/h6,8H,5,7H2,1-4H3,(H,15,16,17). The molecule has 0 aliphatic heterocycles. The fraction of sp³-hybridized carbons (Fsp3) is 0.538. The molecule has 0 aliphatic carbocycles. The van der Waals surface area contributed by atoms with Crippen molar-refractivity contribution in [1.82, 2.24) is 14.9 Å². The van der Waals surface area contributed by atoms with E-state index in [1.807, 2.05) is 0 Å². The summed E-state index contributed by atoms with van der Waals surface area (Å²) in [7, 11) is 4.13. The second-order valence-corrected chi connectivity index (χ2v) is 6.27. The van der Waals surface area contributed by atoms with Gasteiger partial charge < -0.3 is 10.2 Å². The molecule has 0 radical (unpaired) electrons. The van der Waals surface area contributed by atoms with Crippen molar-refractivity contribution in [2.75, 3.05) is 26.0 Å². The van der Waals surface area contributed by atoms with E-state index in [0.717, 1.165) is 29.0 Å². The van der Waals surface area contributed by atoms with Crippen LogP contribution in [0.25, 0.3) is 10.2 Å². The van der Waals surface area contributed by atoms with Crippen molar-refractivity contribution in [3.8, 4) is 0 Å². The second kappa shape index (κ2) is 6.03. The summed E-state index contributed by atoms with van der Waals surface area (Å²) in [6.45, 7) is 5.13.